The molecule has 0 aliphatic carbocycles. The first kappa shape index (κ1) is 42.7. The molecule has 1 fully saturated rings. The number of esters is 1. The van der Waals surface area contributed by atoms with Gasteiger partial charge >= 0.3 is 5.97 Å². The third kappa shape index (κ3) is 23.9. The van der Waals surface area contributed by atoms with E-state index in [9.17, 15) is 14.4 Å². The maximum Gasteiger partial charge on any atom is 0.306 e. The summed E-state index contributed by atoms with van der Waals surface area (Å²) in [6.45, 7) is 13.1. The van der Waals surface area contributed by atoms with Crippen molar-refractivity contribution in [3.8, 4) is 0 Å². The lowest BCUT2D eigenvalue weighted by molar-refractivity contribution is -0.143. The van der Waals surface area contributed by atoms with Crippen molar-refractivity contribution in [1.82, 2.24) is 15.5 Å². The van der Waals surface area contributed by atoms with E-state index in [1.54, 1.807) is 11.8 Å². The van der Waals surface area contributed by atoms with Crippen LogP contribution in [0, 0.1) is 11.8 Å². The van der Waals surface area contributed by atoms with Crippen molar-refractivity contribution in [2.24, 2.45) is 11.8 Å². The van der Waals surface area contributed by atoms with Gasteiger partial charge in [-0.1, -0.05) is 118 Å². The molecule has 7 nitrogen and oxygen atoms in total. The lowest BCUT2D eigenvalue weighted by Gasteiger charge is -2.27. The Kier molecular flexibility index (Phi) is 27.7. The zero-order chi connectivity index (χ0) is 33.7. The summed E-state index contributed by atoms with van der Waals surface area (Å²) in [5.74, 6) is 1.90. The van der Waals surface area contributed by atoms with Crippen LogP contribution in [-0.2, 0) is 19.1 Å². The van der Waals surface area contributed by atoms with Gasteiger partial charge in [0, 0.05) is 24.8 Å². The molecule has 46 heavy (non-hydrogen) atoms. The van der Waals surface area contributed by atoms with Gasteiger partial charge in [0.15, 0.2) is 0 Å². The number of likely N-dealkylation sites (tertiary alicyclic amines) is 1. The van der Waals surface area contributed by atoms with Crippen LogP contribution in [0.5, 0.6) is 0 Å². The Balaban J connectivity index is 2.60. The molecule has 0 bridgehead atoms. The molecule has 8 heteroatoms. The van der Waals surface area contributed by atoms with E-state index in [0.29, 0.717) is 37.5 Å². The van der Waals surface area contributed by atoms with E-state index < -0.39 is 6.04 Å². The summed E-state index contributed by atoms with van der Waals surface area (Å²) in [6.07, 6.45) is 22.9. The minimum Gasteiger partial charge on any atom is -0.466 e. The van der Waals surface area contributed by atoms with Crippen LogP contribution in [0.1, 0.15) is 163 Å². The van der Waals surface area contributed by atoms with Gasteiger partial charge in [-0.25, -0.2) is 0 Å². The fourth-order valence-corrected chi connectivity index (χ4v) is 7.06. The average Bonchev–Trinajstić information content (AvgIpc) is 3.04. The van der Waals surface area contributed by atoms with Crippen LogP contribution in [0.2, 0.25) is 0 Å². The molecule has 1 rings (SSSR count). The number of ether oxygens (including phenoxy) is 1. The molecule has 0 aromatic carbocycles. The van der Waals surface area contributed by atoms with Gasteiger partial charge in [-0.05, 0) is 63.3 Å². The molecule has 2 amide bonds. The molecule has 270 valence electrons. The fraction of sp³-hybridized carbons (Fsp3) is 0.921. The van der Waals surface area contributed by atoms with Crippen molar-refractivity contribution < 1.29 is 19.1 Å². The predicted molar refractivity (Wildman–Crippen MR) is 196 cm³/mol. The number of rotatable bonds is 30. The predicted octanol–water partition coefficient (Wildman–Crippen LogP) is 8.68. The van der Waals surface area contributed by atoms with E-state index in [1.807, 2.05) is 0 Å². The molecule has 1 aliphatic heterocycles. The van der Waals surface area contributed by atoms with Crippen LogP contribution in [0.15, 0.2) is 0 Å². The third-order valence-electron chi connectivity index (χ3n) is 9.18. The molecular weight excluding hydrogens is 595 g/mol. The monoisotopic (exact) mass is 668 g/mol. The zero-order valence-electron chi connectivity index (χ0n) is 30.5. The summed E-state index contributed by atoms with van der Waals surface area (Å²) in [7, 11) is 0. The van der Waals surface area contributed by atoms with Crippen LogP contribution >= 0.6 is 11.8 Å². The van der Waals surface area contributed by atoms with Crippen molar-refractivity contribution in [2.45, 2.75) is 169 Å². The van der Waals surface area contributed by atoms with E-state index in [1.165, 1.54) is 77.0 Å². The van der Waals surface area contributed by atoms with E-state index in [2.05, 4.69) is 43.2 Å². The largest absolute Gasteiger partial charge is 0.466 e. The Labute approximate surface area is 288 Å². The smallest absolute Gasteiger partial charge is 0.306 e. The lowest BCUT2D eigenvalue weighted by atomic mass is 9.93. The Morgan fingerprint density at radius 1 is 0.717 bits per heavy atom. The minimum absolute atomic E-state index is 0.0283. The van der Waals surface area contributed by atoms with Crippen LogP contribution in [-0.4, -0.2) is 73.0 Å². The van der Waals surface area contributed by atoms with Gasteiger partial charge in [0.1, 0.15) is 6.04 Å². The number of hydrogen-bond acceptors (Lipinski definition) is 6. The molecule has 1 saturated heterocycles. The maximum absolute atomic E-state index is 13.6. The van der Waals surface area contributed by atoms with Gasteiger partial charge in [0.05, 0.1) is 13.0 Å². The van der Waals surface area contributed by atoms with Crippen LogP contribution in [0.25, 0.3) is 0 Å². The first-order valence-electron chi connectivity index (χ1n) is 19.4. The molecular formula is C38H73N3O4S. The van der Waals surface area contributed by atoms with Gasteiger partial charge in [0.2, 0.25) is 11.8 Å². The first-order chi connectivity index (χ1) is 22.4. The zero-order valence-corrected chi connectivity index (χ0v) is 31.3. The molecule has 0 radical (unpaired) electrons. The summed E-state index contributed by atoms with van der Waals surface area (Å²) in [4.78, 5) is 41.6. The number of carbonyl (C=O) groups is 3. The normalized spacial score (nSPS) is 15.1. The number of carbonyl (C=O) groups excluding carboxylic acids is 3. The molecule has 0 aromatic rings. The summed E-state index contributed by atoms with van der Waals surface area (Å²) < 4.78 is 5.42. The van der Waals surface area contributed by atoms with Gasteiger partial charge in [0.25, 0.3) is 0 Å². The molecule has 2 atom stereocenters. The minimum atomic E-state index is -0.540. The standard InChI is InChI=1S/C38H73N3O4S/c1-5-7-9-11-12-17-23-34(22-16-10-8-6-2)37(43)40-35(38(44)39-26-29-41-27-18-14-19-28-41)24-31-46-32-25-36(42)45-30-20-13-15-21-33(3)4/h33-35H,5-32H2,1-4H3,(H,39,44)(H,40,43). The second kappa shape index (κ2) is 29.8. The molecule has 0 spiro atoms. The fourth-order valence-electron chi connectivity index (χ4n) is 6.15. The molecule has 0 saturated carbocycles. The van der Waals surface area contributed by atoms with Crippen molar-refractivity contribution in [2.75, 3.05) is 44.3 Å². The molecule has 0 aromatic heterocycles. The summed E-state index contributed by atoms with van der Waals surface area (Å²) in [5, 5.41) is 6.32. The van der Waals surface area contributed by atoms with E-state index in [0.717, 1.165) is 70.5 Å². The summed E-state index contributed by atoms with van der Waals surface area (Å²) >= 11 is 1.66. The molecule has 2 N–H and O–H groups in total. The number of hydrogen-bond donors (Lipinski definition) is 2. The topological polar surface area (TPSA) is 87.7 Å². The number of nitrogens with zero attached hydrogens (tertiary/aromatic N) is 1. The number of amides is 2. The van der Waals surface area contributed by atoms with Gasteiger partial charge in [-0.15, -0.1) is 0 Å². The highest BCUT2D eigenvalue weighted by Gasteiger charge is 2.25. The van der Waals surface area contributed by atoms with E-state index in [4.69, 9.17) is 4.74 Å². The average molecular weight is 668 g/mol. The van der Waals surface area contributed by atoms with Crippen molar-refractivity contribution in [3.05, 3.63) is 0 Å². The van der Waals surface area contributed by atoms with Gasteiger partial charge < -0.3 is 20.3 Å². The van der Waals surface area contributed by atoms with Crippen molar-refractivity contribution >= 4 is 29.5 Å². The van der Waals surface area contributed by atoms with Gasteiger partial charge in [-0.3, -0.25) is 14.4 Å². The highest BCUT2D eigenvalue weighted by atomic mass is 32.2. The van der Waals surface area contributed by atoms with Crippen LogP contribution in [0.4, 0.5) is 0 Å². The quantitative estimate of drug-likeness (QED) is 0.0589. The van der Waals surface area contributed by atoms with Crippen LogP contribution < -0.4 is 10.6 Å². The van der Waals surface area contributed by atoms with Crippen LogP contribution in [0.3, 0.4) is 0 Å². The van der Waals surface area contributed by atoms with Gasteiger partial charge in [-0.2, -0.15) is 11.8 Å². The Morgan fingerprint density at radius 3 is 2.00 bits per heavy atom. The lowest BCUT2D eigenvalue weighted by Crippen LogP contribution is -2.50. The Morgan fingerprint density at radius 2 is 1.33 bits per heavy atom. The van der Waals surface area contributed by atoms with E-state index in [-0.39, 0.29) is 23.7 Å². The van der Waals surface area contributed by atoms with Crippen molar-refractivity contribution in [3.63, 3.8) is 0 Å². The number of piperidine rings is 1. The molecule has 2 unspecified atom stereocenters. The number of nitrogens with one attached hydrogen (secondary N) is 2. The number of thioether (sulfide) groups is 1. The SMILES string of the molecule is CCCCCCCCC(CCCCCC)C(=O)NC(CCSCCC(=O)OCCCCCC(C)C)C(=O)NCCN1CCCCC1. The highest BCUT2D eigenvalue weighted by molar-refractivity contribution is 7.99. The maximum atomic E-state index is 13.6. The molecule has 1 aliphatic rings. The van der Waals surface area contributed by atoms with E-state index >= 15 is 0 Å². The second-order valence-electron chi connectivity index (χ2n) is 14.0. The first-order valence-corrected chi connectivity index (χ1v) is 20.6. The highest BCUT2D eigenvalue weighted by Crippen LogP contribution is 2.20. The second-order valence-corrected chi connectivity index (χ2v) is 15.2. The Hall–Kier alpha value is -1.28. The Bertz CT molecular complexity index is 760. The summed E-state index contributed by atoms with van der Waals surface area (Å²) in [6, 6.07) is -0.540. The summed E-state index contributed by atoms with van der Waals surface area (Å²) in [5.41, 5.74) is 0. The molecule has 1 heterocycles. The van der Waals surface area contributed by atoms with Crippen molar-refractivity contribution in [1.29, 1.82) is 0 Å². The number of unbranched alkanes of at least 4 members (excludes halogenated alkanes) is 10. The third-order valence-corrected chi connectivity index (χ3v) is 10.2.